The Morgan fingerprint density at radius 1 is 0.816 bits per heavy atom. The molecule has 0 atom stereocenters. The van der Waals surface area contributed by atoms with Gasteiger partial charge in [0.05, 0.1) is 17.0 Å². The summed E-state index contributed by atoms with van der Waals surface area (Å²) in [6, 6.07) is 26.2. The lowest BCUT2D eigenvalue weighted by molar-refractivity contribution is -0.113. The second kappa shape index (κ2) is 11.3. The predicted octanol–water partition coefficient (Wildman–Crippen LogP) is 5.50. The molecule has 5 rings (SSSR count). The molecule has 9 heteroatoms. The first-order valence-electron chi connectivity index (χ1n) is 11.6. The van der Waals surface area contributed by atoms with Crippen molar-refractivity contribution in [2.75, 3.05) is 11.2 Å². The molecule has 0 radical (unpaired) electrons. The summed E-state index contributed by atoms with van der Waals surface area (Å²) in [5, 5.41) is 7.42. The van der Waals surface area contributed by atoms with E-state index in [9.17, 15) is 19.2 Å². The molecule has 4 amide bonds. The molecule has 0 saturated carbocycles. The van der Waals surface area contributed by atoms with Gasteiger partial charge in [-0.15, -0.1) is 23.1 Å². The molecule has 0 spiro atoms. The number of hydrogen-bond acceptors (Lipinski definition) is 6. The van der Waals surface area contributed by atoms with Crippen LogP contribution in [0.3, 0.4) is 0 Å². The Bertz CT molecular complexity index is 1500. The zero-order valence-electron chi connectivity index (χ0n) is 19.9. The summed E-state index contributed by atoms with van der Waals surface area (Å²) in [4.78, 5) is 53.8. The number of carbonyl (C=O) groups is 4. The highest BCUT2D eigenvalue weighted by Crippen LogP contribution is 2.28. The number of imide groups is 1. The molecule has 1 aliphatic heterocycles. The van der Waals surface area contributed by atoms with E-state index in [2.05, 4.69) is 10.6 Å². The lowest BCUT2D eigenvalue weighted by atomic mass is 10.1. The summed E-state index contributed by atoms with van der Waals surface area (Å²) in [6.07, 6.45) is 1.63. The summed E-state index contributed by atoms with van der Waals surface area (Å²) < 4.78 is 0. The van der Waals surface area contributed by atoms with Crippen LogP contribution in [0.25, 0.3) is 6.08 Å². The third-order valence-electron chi connectivity index (χ3n) is 5.71. The largest absolute Gasteiger partial charge is 0.321 e. The van der Waals surface area contributed by atoms with Crippen LogP contribution in [0.2, 0.25) is 0 Å². The molecule has 0 fully saturated rings. The molecule has 38 heavy (non-hydrogen) atoms. The first kappa shape index (κ1) is 25.2. The molecule has 1 aromatic heterocycles. The van der Waals surface area contributed by atoms with Gasteiger partial charge >= 0.3 is 0 Å². The Hall–Kier alpha value is -4.47. The van der Waals surface area contributed by atoms with Crippen molar-refractivity contribution in [2.24, 2.45) is 0 Å². The van der Waals surface area contributed by atoms with Gasteiger partial charge in [-0.2, -0.15) is 0 Å². The summed E-state index contributed by atoms with van der Waals surface area (Å²) in [6.45, 7) is 0. The number of nitrogens with one attached hydrogen (secondary N) is 2. The van der Waals surface area contributed by atoms with Crippen LogP contribution in [0.1, 0.15) is 36.0 Å². The van der Waals surface area contributed by atoms with Crippen molar-refractivity contribution in [1.82, 2.24) is 10.2 Å². The second-order valence-corrected chi connectivity index (χ2v) is 10.2. The number of rotatable bonds is 8. The SMILES string of the molecule is O=C(Nc1ccc(SCN2C(=O)c3ccccc3C2=O)cc1)/C(=C/c1cccs1)NC(=O)c1ccccc1. The molecule has 0 saturated heterocycles. The minimum absolute atomic E-state index is 0.116. The first-order chi connectivity index (χ1) is 18.5. The average Bonchev–Trinajstić information content (AvgIpc) is 3.55. The second-order valence-electron chi connectivity index (χ2n) is 8.23. The Balaban J connectivity index is 1.23. The van der Waals surface area contributed by atoms with Crippen molar-refractivity contribution in [3.8, 4) is 0 Å². The Kier molecular flexibility index (Phi) is 7.48. The van der Waals surface area contributed by atoms with Crippen molar-refractivity contribution >= 4 is 58.5 Å². The van der Waals surface area contributed by atoms with E-state index in [1.54, 1.807) is 78.9 Å². The van der Waals surface area contributed by atoms with Crippen LogP contribution in [-0.4, -0.2) is 34.4 Å². The summed E-state index contributed by atoms with van der Waals surface area (Å²) in [5.41, 5.74) is 1.93. The molecule has 188 valence electrons. The standard InChI is InChI=1S/C29H21N3O4S2/c33-26(19-7-2-1-3-8-19)31-25(17-22-9-6-16-37-22)27(34)30-20-12-14-21(15-13-20)38-18-32-28(35)23-10-4-5-11-24(23)29(32)36/h1-17H,18H2,(H,30,34)(H,31,33)/b25-17-. The van der Waals surface area contributed by atoms with E-state index in [0.29, 0.717) is 22.4 Å². The van der Waals surface area contributed by atoms with Gasteiger partial charge in [0.25, 0.3) is 23.6 Å². The van der Waals surface area contributed by atoms with Crippen LogP contribution in [0, 0.1) is 0 Å². The van der Waals surface area contributed by atoms with Gasteiger partial charge in [-0.3, -0.25) is 24.1 Å². The Morgan fingerprint density at radius 3 is 2.11 bits per heavy atom. The van der Waals surface area contributed by atoms with Gasteiger partial charge < -0.3 is 10.6 Å². The van der Waals surface area contributed by atoms with Crippen molar-refractivity contribution < 1.29 is 19.2 Å². The number of nitrogens with zero attached hydrogens (tertiary/aromatic N) is 1. The molecule has 0 aliphatic carbocycles. The maximum atomic E-state index is 13.1. The molecule has 0 unspecified atom stereocenters. The highest BCUT2D eigenvalue weighted by Gasteiger charge is 2.34. The van der Waals surface area contributed by atoms with E-state index < -0.39 is 5.91 Å². The normalized spacial score (nSPS) is 12.8. The minimum Gasteiger partial charge on any atom is -0.321 e. The van der Waals surface area contributed by atoms with Crippen LogP contribution in [-0.2, 0) is 4.79 Å². The topological polar surface area (TPSA) is 95.6 Å². The zero-order chi connectivity index (χ0) is 26.5. The van der Waals surface area contributed by atoms with Crippen molar-refractivity contribution in [2.45, 2.75) is 4.90 Å². The van der Waals surface area contributed by atoms with E-state index in [1.807, 2.05) is 23.6 Å². The predicted molar refractivity (Wildman–Crippen MR) is 149 cm³/mol. The summed E-state index contributed by atoms with van der Waals surface area (Å²) >= 11 is 2.79. The zero-order valence-corrected chi connectivity index (χ0v) is 21.6. The smallest absolute Gasteiger partial charge is 0.272 e. The molecule has 3 aromatic carbocycles. The molecule has 7 nitrogen and oxygen atoms in total. The number of anilines is 1. The number of amides is 4. The number of fused-ring (bicyclic) bond motifs is 1. The van der Waals surface area contributed by atoms with Gasteiger partial charge in [-0.1, -0.05) is 36.4 Å². The van der Waals surface area contributed by atoms with E-state index in [-0.39, 0.29) is 29.3 Å². The van der Waals surface area contributed by atoms with E-state index in [4.69, 9.17) is 0 Å². The third-order valence-corrected chi connectivity index (χ3v) is 7.52. The Morgan fingerprint density at radius 2 is 1.47 bits per heavy atom. The molecule has 0 bridgehead atoms. The van der Waals surface area contributed by atoms with Crippen molar-refractivity contribution in [3.05, 3.63) is 124 Å². The summed E-state index contributed by atoms with van der Waals surface area (Å²) in [5.74, 6) is -1.27. The highest BCUT2D eigenvalue weighted by molar-refractivity contribution is 7.99. The fraction of sp³-hybridized carbons (Fsp3) is 0.0345. The lowest BCUT2D eigenvalue weighted by Gasteiger charge is -2.14. The molecular formula is C29H21N3O4S2. The Labute approximate surface area is 227 Å². The van der Waals surface area contributed by atoms with E-state index >= 15 is 0 Å². The molecular weight excluding hydrogens is 518 g/mol. The van der Waals surface area contributed by atoms with Gasteiger partial charge in [0, 0.05) is 21.0 Å². The average molecular weight is 540 g/mol. The van der Waals surface area contributed by atoms with Crippen molar-refractivity contribution in [3.63, 3.8) is 0 Å². The van der Waals surface area contributed by atoms with Crippen LogP contribution >= 0.6 is 23.1 Å². The van der Waals surface area contributed by atoms with Crippen LogP contribution in [0.15, 0.2) is 107 Å². The molecule has 1 aliphatic rings. The number of benzene rings is 3. The van der Waals surface area contributed by atoms with E-state index in [0.717, 1.165) is 9.77 Å². The first-order valence-corrected chi connectivity index (χ1v) is 13.5. The van der Waals surface area contributed by atoms with Crippen LogP contribution in [0.4, 0.5) is 5.69 Å². The maximum Gasteiger partial charge on any atom is 0.272 e. The molecule has 4 aromatic rings. The minimum atomic E-state index is -0.464. The quantitative estimate of drug-likeness (QED) is 0.175. The number of hydrogen-bond donors (Lipinski definition) is 2. The molecule has 2 heterocycles. The fourth-order valence-electron chi connectivity index (χ4n) is 3.79. The number of carbonyl (C=O) groups excluding carboxylic acids is 4. The number of thioether (sulfide) groups is 1. The summed E-state index contributed by atoms with van der Waals surface area (Å²) in [7, 11) is 0. The maximum absolute atomic E-state index is 13.1. The van der Waals surface area contributed by atoms with Gasteiger partial charge in [-0.25, -0.2) is 0 Å². The van der Waals surface area contributed by atoms with Crippen LogP contribution in [0.5, 0.6) is 0 Å². The van der Waals surface area contributed by atoms with E-state index in [1.165, 1.54) is 28.0 Å². The lowest BCUT2D eigenvalue weighted by Crippen LogP contribution is -2.30. The highest BCUT2D eigenvalue weighted by atomic mass is 32.2. The van der Waals surface area contributed by atoms with Crippen molar-refractivity contribution in [1.29, 1.82) is 0 Å². The van der Waals surface area contributed by atoms with Gasteiger partial charge in [0.1, 0.15) is 5.70 Å². The third kappa shape index (κ3) is 5.59. The van der Waals surface area contributed by atoms with Crippen LogP contribution < -0.4 is 10.6 Å². The fourth-order valence-corrected chi connectivity index (χ4v) is 5.28. The number of thiophene rings is 1. The van der Waals surface area contributed by atoms with Gasteiger partial charge in [-0.05, 0) is 66.1 Å². The molecule has 2 N–H and O–H groups in total. The monoisotopic (exact) mass is 539 g/mol. The van der Waals surface area contributed by atoms with Gasteiger partial charge in [0.2, 0.25) is 0 Å². The van der Waals surface area contributed by atoms with Gasteiger partial charge in [0.15, 0.2) is 0 Å².